The van der Waals surface area contributed by atoms with E-state index in [1.165, 1.54) is 0 Å². The topological polar surface area (TPSA) is 49.3 Å². The fourth-order valence-electron chi connectivity index (χ4n) is 2.55. The zero-order valence-electron chi connectivity index (χ0n) is 10.2. The molecule has 1 fully saturated rings. The molecule has 0 saturated heterocycles. The third-order valence-corrected chi connectivity index (χ3v) is 3.96. The summed E-state index contributed by atoms with van der Waals surface area (Å²) in [6.45, 7) is 0.633. The quantitative estimate of drug-likeness (QED) is 0.881. The van der Waals surface area contributed by atoms with E-state index in [0.717, 1.165) is 36.3 Å². The molecular formula is C14H18ClNO2. The Labute approximate surface area is 112 Å². The van der Waals surface area contributed by atoms with Crippen molar-refractivity contribution in [1.29, 1.82) is 0 Å². The molecule has 0 aromatic heterocycles. The number of carbonyl (C=O) groups is 1. The minimum atomic E-state index is -0.689. The highest BCUT2D eigenvalue weighted by Gasteiger charge is 2.30. The van der Waals surface area contributed by atoms with Crippen molar-refractivity contribution < 1.29 is 9.90 Å². The monoisotopic (exact) mass is 267 g/mol. The zero-order chi connectivity index (χ0) is 13.0. The van der Waals surface area contributed by atoms with Crippen LogP contribution >= 0.6 is 11.6 Å². The molecule has 2 N–H and O–H groups in total. The normalized spacial score (nSPS) is 23.8. The number of benzene rings is 1. The van der Waals surface area contributed by atoms with Crippen molar-refractivity contribution in [2.45, 2.75) is 38.3 Å². The van der Waals surface area contributed by atoms with Gasteiger partial charge in [0.1, 0.15) is 0 Å². The van der Waals surface area contributed by atoms with Crippen LogP contribution in [0.3, 0.4) is 0 Å². The smallest absolute Gasteiger partial charge is 0.308 e. The van der Waals surface area contributed by atoms with Crippen LogP contribution in [0.1, 0.15) is 31.2 Å². The lowest BCUT2D eigenvalue weighted by atomic mass is 9.84. The molecule has 1 aliphatic carbocycles. The molecule has 2 atom stereocenters. The number of halogens is 1. The number of carboxylic acid groups (broad SMARTS) is 1. The van der Waals surface area contributed by atoms with Crippen molar-refractivity contribution >= 4 is 17.6 Å². The molecule has 0 heterocycles. The van der Waals surface area contributed by atoms with E-state index in [1.54, 1.807) is 0 Å². The lowest BCUT2D eigenvalue weighted by molar-refractivity contribution is -0.143. The van der Waals surface area contributed by atoms with Gasteiger partial charge in [-0.25, -0.2) is 0 Å². The van der Waals surface area contributed by atoms with Gasteiger partial charge in [0.15, 0.2) is 0 Å². The van der Waals surface area contributed by atoms with Crippen LogP contribution in [0, 0.1) is 5.92 Å². The summed E-state index contributed by atoms with van der Waals surface area (Å²) in [5.41, 5.74) is 1.02. The number of rotatable bonds is 4. The van der Waals surface area contributed by atoms with Gasteiger partial charge < -0.3 is 10.4 Å². The van der Waals surface area contributed by atoms with Crippen LogP contribution in [0.25, 0.3) is 0 Å². The van der Waals surface area contributed by atoms with Gasteiger partial charge in [-0.15, -0.1) is 0 Å². The molecule has 0 aliphatic heterocycles. The Hall–Kier alpha value is -1.06. The van der Waals surface area contributed by atoms with Crippen molar-refractivity contribution in [1.82, 2.24) is 5.32 Å². The van der Waals surface area contributed by atoms with Crippen molar-refractivity contribution in [3.05, 3.63) is 34.9 Å². The van der Waals surface area contributed by atoms with E-state index in [9.17, 15) is 9.90 Å². The molecule has 0 unspecified atom stereocenters. The van der Waals surface area contributed by atoms with Gasteiger partial charge >= 0.3 is 5.97 Å². The van der Waals surface area contributed by atoms with Crippen LogP contribution in [0.5, 0.6) is 0 Å². The molecule has 1 aromatic carbocycles. The molecule has 0 amide bonds. The Morgan fingerprint density at radius 2 is 2.06 bits per heavy atom. The predicted octanol–water partition coefficient (Wildman–Crippen LogP) is 3.07. The first-order chi connectivity index (χ1) is 8.68. The van der Waals surface area contributed by atoms with E-state index in [4.69, 9.17) is 11.6 Å². The van der Waals surface area contributed by atoms with Gasteiger partial charge in [-0.05, 0) is 24.5 Å². The van der Waals surface area contributed by atoms with Gasteiger partial charge in [0.25, 0.3) is 0 Å². The minimum absolute atomic E-state index is 0.0625. The molecular weight excluding hydrogens is 250 g/mol. The molecule has 0 bridgehead atoms. The van der Waals surface area contributed by atoms with Crippen LogP contribution in [-0.2, 0) is 11.3 Å². The van der Waals surface area contributed by atoms with Crippen LogP contribution in [0.4, 0.5) is 0 Å². The Bertz CT molecular complexity index is 422. The summed E-state index contributed by atoms with van der Waals surface area (Å²) in [7, 11) is 0. The number of hydrogen-bond donors (Lipinski definition) is 2. The number of carboxylic acids is 1. The van der Waals surface area contributed by atoms with Crippen LogP contribution < -0.4 is 5.32 Å². The molecule has 1 aromatic rings. The molecule has 3 nitrogen and oxygen atoms in total. The first-order valence-electron chi connectivity index (χ1n) is 6.38. The van der Waals surface area contributed by atoms with E-state index in [1.807, 2.05) is 24.3 Å². The molecule has 4 heteroatoms. The average Bonchev–Trinajstić information content (AvgIpc) is 2.38. The third-order valence-electron chi connectivity index (χ3n) is 3.60. The third kappa shape index (κ3) is 3.24. The first-order valence-corrected chi connectivity index (χ1v) is 6.76. The van der Waals surface area contributed by atoms with Crippen LogP contribution in [0.2, 0.25) is 5.02 Å². The first kappa shape index (κ1) is 13.4. The van der Waals surface area contributed by atoms with Crippen LogP contribution in [0.15, 0.2) is 24.3 Å². The Balaban J connectivity index is 1.96. The molecule has 1 saturated carbocycles. The molecule has 98 valence electrons. The highest BCUT2D eigenvalue weighted by atomic mass is 35.5. The maximum atomic E-state index is 11.2. The Morgan fingerprint density at radius 1 is 1.33 bits per heavy atom. The fourth-order valence-corrected chi connectivity index (χ4v) is 2.76. The second kappa shape index (κ2) is 6.21. The summed E-state index contributed by atoms with van der Waals surface area (Å²) >= 11 is 6.08. The average molecular weight is 268 g/mol. The van der Waals surface area contributed by atoms with Gasteiger partial charge in [0.2, 0.25) is 0 Å². The van der Waals surface area contributed by atoms with Crippen molar-refractivity contribution in [2.24, 2.45) is 5.92 Å². The number of aliphatic carboxylic acids is 1. The van der Waals surface area contributed by atoms with E-state index in [-0.39, 0.29) is 12.0 Å². The SMILES string of the molecule is O=C(O)[C@H]1CCCC[C@@H]1NCc1ccccc1Cl. The summed E-state index contributed by atoms with van der Waals surface area (Å²) in [5.74, 6) is -0.951. The van der Waals surface area contributed by atoms with Crippen molar-refractivity contribution in [3.8, 4) is 0 Å². The lowest BCUT2D eigenvalue weighted by Gasteiger charge is -2.29. The maximum Gasteiger partial charge on any atom is 0.308 e. The van der Waals surface area contributed by atoms with E-state index >= 15 is 0 Å². The highest BCUT2D eigenvalue weighted by Crippen LogP contribution is 2.25. The molecule has 1 aliphatic rings. The summed E-state index contributed by atoms with van der Waals surface area (Å²) < 4.78 is 0. The summed E-state index contributed by atoms with van der Waals surface area (Å²) in [5, 5.41) is 13.3. The predicted molar refractivity (Wildman–Crippen MR) is 71.7 cm³/mol. The molecule has 18 heavy (non-hydrogen) atoms. The van der Waals surface area contributed by atoms with E-state index in [0.29, 0.717) is 6.54 Å². The Morgan fingerprint density at radius 3 is 2.78 bits per heavy atom. The van der Waals surface area contributed by atoms with Gasteiger partial charge in [0.05, 0.1) is 5.92 Å². The Kier molecular flexibility index (Phi) is 4.61. The van der Waals surface area contributed by atoms with E-state index < -0.39 is 5.97 Å². The highest BCUT2D eigenvalue weighted by molar-refractivity contribution is 6.31. The van der Waals surface area contributed by atoms with Gasteiger partial charge in [0, 0.05) is 17.6 Å². The second-order valence-corrected chi connectivity index (χ2v) is 5.22. The van der Waals surface area contributed by atoms with Crippen molar-refractivity contribution in [3.63, 3.8) is 0 Å². The summed E-state index contributed by atoms with van der Waals surface area (Å²) in [6, 6.07) is 7.72. The molecule has 2 rings (SSSR count). The molecule has 0 radical (unpaired) electrons. The lowest BCUT2D eigenvalue weighted by Crippen LogP contribution is -2.41. The van der Waals surface area contributed by atoms with Gasteiger partial charge in [-0.2, -0.15) is 0 Å². The summed E-state index contributed by atoms with van der Waals surface area (Å²) in [4.78, 5) is 11.2. The zero-order valence-corrected chi connectivity index (χ0v) is 11.0. The minimum Gasteiger partial charge on any atom is -0.481 e. The summed E-state index contributed by atoms with van der Waals surface area (Å²) in [6.07, 6.45) is 3.82. The van der Waals surface area contributed by atoms with Crippen LogP contribution in [-0.4, -0.2) is 17.1 Å². The fraction of sp³-hybridized carbons (Fsp3) is 0.500. The standard InChI is InChI=1S/C14H18ClNO2/c15-12-7-3-1-5-10(12)9-16-13-8-4-2-6-11(13)14(17)18/h1,3,5,7,11,13,16H,2,4,6,8-9H2,(H,17,18)/t11-,13-/m0/s1. The number of nitrogens with one attached hydrogen (secondary N) is 1. The second-order valence-electron chi connectivity index (χ2n) is 4.81. The van der Waals surface area contributed by atoms with Crippen molar-refractivity contribution in [2.75, 3.05) is 0 Å². The van der Waals surface area contributed by atoms with Gasteiger partial charge in [-0.1, -0.05) is 42.6 Å². The number of hydrogen-bond acceptors (Lipinski definition) is 2. The van der Waals surface area contributed by atoms with Gasteiger partial charge in [-0.3, -0.25) is 4.79 Å². The largest absolute Gasteiger partial charge is 0.481 e. The van der Waals surface area contributed by atoms with E-state index in [2.05, 4.69) is 5.32 Å². The molecule has 0 spiro atoms. The maximum absolute atomic E-state index is 11.2.